The van der Waals surface area contributed by atoms with Gasteiger partial charge in [-0.05, 0) is 49.7 Å². The van der Waals surface area contributed by atoms with Crippen LogP contribution in [0.2, 0.25) is 0 Å². The lowest BCUT2D eigenvalue weighted by molar-refractivity contribution is 0.0950. The van der Waals surface area contributed by atoms with Gasteiger partial charge in [0, 0.05) is 17.5 Å². The van der Waals surface area contributed by atoms with Gasteiger partial charge in [0.25, 0.3) is 5.91 Å². The molecule has 0 aliphatic heterocycles. The molecule has 134 valence electrons. The summed E-state index contributed by atoms with van der Waals surface area (Å²) in [5.41, 5.74) is 4.17. The van der Waals surface area contributed by atoms with Crippen molar-refractivity contribution in [1.82, 2.24) is 10.3 Å². The van der Waals surface area contributed by atoms with Gasteiger partial charge < -0.3 is 14.8 Å². The maximum atomic E-state index is 12.7. The number of aryl methyl sites for hydroxylation is 2. The summed E-state index contributed by atoms with van der Waals surface area (Å²) in [6, 6.07) is 13.4. The zero-order chi connectivity index (χ0) is 18.7. The summed E-state index contributed by atoms with van der Waals surface area (Å²) in [6.45, 7) is 4.21. The van der Waals surface area contributed by atoms with Gasteiger partial charge in [-0.1, -0.05) is 12.1 Å². The molecular weight excluding hydrogens is 328 g/mol. The number of hydrogen-bond acceptors (Lipinski definition) is 4. The molecule has 0 saturated carbocycles. The summed E-state index contributed by atoms with van der Waals surface area (Å²) in [4.78, 5) is 17.2. The molecule has 1 N–H and O–H groups in total. The van der Waals surface area contributed by atoms with Crippen LogP contribution < -0.4 is 14.8 Å². The zero-order valence-electron chi connectivity index (χ0n) is 15.4. The molecule has 0 aliphatic carbocycles. The Kier molecular flexibility index (Phi) is 5.07. The molecule has 3 rings (SSSR count). The molecule has 2 aromatic carbocycles. The van der Waals surface area contributed by atoms with Gasteiger partial charge in [-0.15, -0.1) is 0 Å². The first kappa shape index (κ1) is 17.7. The zero-order valence-corrected chi connectivity index (χ0v) is 15.4. The number of nitrogens with one attached hydrogen (secondary N) is 1. The van der Waals surface area contributed by atoms with Crippen LogP contribution in [0.1, 0.15) is 27.2 Å². The van der Waals surface area contributed by atoms with E-state index in [1.165, 1.54) is 0 Å². The number of pyridine rings is 1. The molecule has 0 spiro atoms. The first-order valence-corrected chi connectivity index (χ1v) is 8.39. The van der Waals surface area contributed by atoms with Crippen LogP contribution in [0.3, 0.4) is 0 Å². The molecule has 0 fully saturated rings. The fourth-order valence-electron chi connectivity index (χ4n) is 2.89. The van der Waals surface area contributed by atoms with Crippen LogP contribution in [-0.4, -0.2) is 25.1 Å². The Labute approximate surface area is 153 Å². The van der Waals surface area contributed by atoms with Gasteiger partial charge in [0.1, 0.15) is 11.5 Å². The average molecular weight is 350 g/mol. The number of carbonyl (C=O) groups is 1. The topological polar surface area (TPSA) is 60.5 Å². The largest absolute Gasteiger partial charge is 0.497 e. The molecule has 26 heavy (non-hydrogen) atoms. The quantitative estimate of drug-likeness (QED) is 0.760. The van der Waals surface area contributed by atoms with Crippen molar-refractivity contribution in [2.75, 3.05) is 14.2 Å². The van der Waals surface area contributed by atoms with Crippen molar-refractivity contribution in [3.05, 3.63) is 64.8 Å². The van der Waals surface area contributed by atoms with Crippen LogP contribution in [0.5, 0.6) is 11.5 Å². The van der Waals surface area contributed by atoms with Crippen LogP contribution in [0, 0.1) is 13.8 Å². The molecule has 5 heteroatoms. The van der Waals surface area contributed by atoms with Crippen molar-refractivity contribution in [3.63, 3.8) is 0 Å². The van der Waals surface area contributed by atoms with Gasteiger partial charge in [0.05, 0.1) is 31.0 Å². The molecular formula is C21H22N2O3. The maximum absolute atomic E-state index is 12.7. The Bertz CT molecular complexity index is 967. The van der Waals surface area contributed by atoms with Crippen LogP contribution in [0.25, 0.3) is 10.9 Å². The van der Waals surface area contributed by atoms with E-state index in [4.69, 9.17) is 9.47 Å². The van der Waals surface area contributed by atoms with E-state index in [2.05, 4.69) is 10.3 Å². The molecule has 1 aromatic heterocycles. The SMILES string of the molecule is COc1ccc(OC)c(CNC(=O)c2cc3ccc(C)cc3nc2C)c1. The van der Waals surface area contributed by atoms with Gasteiger partial charge in [-0.2, -0.15) is 0 Å². The molecule has 0 aliphatic rings. The smallest absolute Gasteiger partial charge is 0.253 e. The summed E-state index contributed by atoms with van der Waals surface area (Å²) in [5.74, 6) is 1.26. The molecule has 0 bridgehead atoms. The Morgan fingerprint density at radius 3 is 2.58 bits per heavy atom. The van der Waals surface area contributed by atoms with Gasteiger partial charge >= 0.3 is 0 Å². The number of benzene rings is 2. The summed E-state index contributed by atoms with van der Waals surface area (Å²) in [5, 5.41) is 3.89. The van der Waals surface area contributed by atoms with Crippen LogP contribution in [0.4, 0.5) is 0 Å². The second-order valence-corrected chi connectivity index (χ2v) is 6.18. The predicted molar refractivity (Wildman–Crippen MR) is 102 cm³/mol. The highest BCUT2D eigenvalue weighted by molar-refractivity contribution is 5.98. The van der Waals surface area contributed by atoms with E-state index in [0.29, 0.717) is 29.3 Å². The minimum atomic E-state index is -0.164. The normalized spacial score (nSPS) is 10.6. The van der Waals surface area contributed by atoms with Crippen LogP contribution >= 0.6 is 0 Å². The van der Waals surface area contributed by atoms with E-state index in [-0.39, 0.29) is 5.91 Å². The molecule has 0 atom stereocenters. The third-order valence-electron chi connectivity index (χ3n) is 4.34. The first-order valence-electron chi connectivity index (χ1n) is 8.39. The minimum Gasteiger partial charge on any atom is -0.497 e. The fraction of sp³-hybridized carbons (Fsp3) is 0.238. The van der Waals surface area contributed by atoms with Gasteiger partial charge in [-0.3, -0.25) is 9.78 Å². The number of rotatable bonds is 5. The fourth-order valence-corrected chi connectivity index (χ4v) is 2.89. The van der Waals surface area contributed by atoms with Crippen molar-refractivity contribution in [3.8, 4) is 11.5 Å². The predicted octanol–water partition coefficient (Wildman–Crippen LogP) is 3.80. The van der Waals surface area contributed by atoms with Crippen molar-refractivity contribution in [2.45, 2.75) is 20.4 Å². The lowest BCUT2D eigenvalue weighted by atomic mass is 10.1. The number of methoxy groups -OCH3 is 2. The Balaban J connectivity index is 1.83. The summed E-state index contributed by atoms with van der Waals surface area (Å²) < 4.78 is 10.6. The Hall–Kier alpha value is -3.08. The Morgan fingerprint density at radius 2 is 1.85 bits per heavy atom. The van der Waals surface area contributed by atoms with E-state index in [0.717, 1.165) is 22.0 Å². The summed E-state index contributed by atoms with van der Waals surface area (Å²) in [7, 11) is 3.21. The second kappa shape index (κ2) is 7.44. The third kappa shape index (κ3) is 3.61. The van der Waals surface area contributed by atoms with Gasteiger partial charge in [0.15, 0.2) is 0 Å². The lowest BCUT2D eigenvalue weighted by Gasteiger charge is -2.12. The Morgan fingerprint density at radius 1 is 1.04 bits per heavy atom. The van der Waals surface area contributed by atoms with Gasteiger partial charge in [0.2, 0.25) is 0 Å². The maximum Gasteiger partial charge on any atom is 0.253 e. The standard InChI is InChI=1S/C21H22N2O3/c1-13-5-6-15-11-18(14(2)23-19(15)9-13)21(24)22-12-16-10-17(25-3)7-8-20(16)26-4/h5-11H,12H2,1-4H3,(H,22,24). The van der Waals surface area contributed by atoms with E-state index >= 15 is 0 Å². The van der Waals surface area contributed by atoms with Crippen molar-refractivity contribution < 1.29 is 14.3 Å². The molecule has 1 heterocycles. The number of nitrogens with zero attached hydrogens (tertiary/aromatic N) is 1. The van der Waals surface area contributed by atoms with E-state index in [9.17, 15) is 4.79 Å². The lowest BCUT2D eigenvalue weighted by Crippen LogP contribution is -2.24. The van der Waals surface area contributed by atoms with Crippen molar-refractivity contribution in [2.24, 2.45) is 0 Å². The molecule has 0 radical (unpaired) electrons. The summed E-state index contributed by atoms with van der Waals surface area (Å²) >= 11 is 0. The van der Waals surface area contributed by atoms with Crippen LogP contribution in [0.15, 0.2) is 42.5 Å². The van der Waals surface area contributed by atoms with Crippen molar-refractivity contribution in [1.29, 1.82) is 0 Å². The van der Waals surface area contributed by atoms with E-state index in [1.54, 1.807) is 14.2 Å². The second-order valence-electron chi connectivity index (χ2n) is 6.18. The molecule has 5 nitrogen and oxygen atoms in total. The van der Waals surface area contributed by atoms with E-state index in [1.807, 2.05) is 56.3 Å². The number of hydrogen-bond donors (Lipinski definition) is 1. The number of ether oxygens (including phenoxy) is 2. The monoisotopic (exact) mass is 350 g/mol. The number of aromatic nitrogens is 1. The van der Waals surface area contributed by atoms with Gasteiger partial charge in [-0.25, -0.2) is 0 Å². The summed E-state index contributed by atoms with van der Waals surface area (Å²) in [6.07, 6.45) is 0. The number of carbonyl (C=O) groups excluding carboxylic acids is 1. The first-order chi connectivity index (χ1) is 12.5. The van der Waals surface area contributed by atoms with Crippen LogP contribution in [-0.2, 0) is 6.54 Å². The molecule has 1 amide bonds. The van der Waals surface area contributed by atoms with E-state index < -0.39 is 0 Å². The minimum absolute atomic E-state index is 0.164. The molecule has 0 unspecified atom stereocenters. The molecule has 3 aromatic rings. The molecule has 0 saturated heterocycles. The average Bonchev–Trinajstić information content (AvgIpc) is 2.65. The third-order valence-corrected chi connectivity index (χ3v) is 4.34. The number of fused-ring (bicyclic) bond motifs is 1. The van der Waals surface area contributed by atoms with Crippen molar-refractivity contribution >= 4 is 16.8 Å². The highest BCUT2D eigenvalue weighted by Crippen LogP contribution is 2.24. The highest BCUT2D eigenvalue weighted by atomic mass is 16.5. The highest BCUT2D eigenvalue weighted by Gasteiger charge is 2.13. The number of amides is 1.